The van der Waals surface area contributed by atoms with Crippen molar-refractivity contribution in [3.05, 3.63) is 35.8 Å². The molecule has 1 aromatic heterocycles. The number of nitrogens with zero attached hydrogens (tertiary/aromatic N) is 1. The maximum atomic E-state index is 13.2. The molecule has 19 heavy (non-hydrogen) atoms. The number of aliphatic carboxylic acids is 1. The third-order valence-electron chi connectivity index (χ3n) is 2.58. The molecule has 2 aromatic rings. The van der Waals surface area contributed by atoms with Crippen molar-refractivity contribution < 1.29 is 23.6 Å². The van der Waals surface area contributed by atoms with Gasteiger partial charge in [0.05, 0.1) is 24.8 Å². The Labute approximate surface area is 108 Å². The van der Waals surface area contributed by atoms with Gasteiger partial charge in [0.1, 0.15) is 11.6 Å². The van der Waals surface area contributed by atoms with Gasteiger partial charge in [0.15, 0.2) is 5.76 Å². The molecule has 0 fully saturated rings. The van der Waals surface area contributed by atoms with Gasteiger partial charge in [-0.3, -0.25) is 4.79 Å². The minimum Gasteiger partial charge on any atom is -0.496 e. The lowest BCUT2D eigenvalue weighted by Gasteiger charge is -2.04. The lowest BCUT2D eigenvalue weighted by atomic mass is 10.1. The summed E-state index contributed by atoms with van der Waals surface area (Å²) in [7, 11) is 1.47. The van der Waals surface area contributed by atoms with Crippen LogP contribution in [0, 0.1) is 5.82 Å². The van der Waals surface area contributed by atoms with Gasteiger partial charge < -0.3 is 14.4 Å². The molecule has 6 heteroatoms. The van der Waals surface area contributed by atoms with Crippen LogP contribution < -0.4 is 4.74 Å². The van der Waals surface area contributed by atoms with E-state index in [4.69, 9.17) is 14.4 Å². The van der Waals surface area contributed by atoms with Gasteiger partial charge in [0.25, 0.3) is 0 Å². The molecule has 0 aliphatic rings. The summed E-state index contributed by atoms with van der Waals surface area (Å²) >= 11 is 0. The summed E-state index contributed by atoms with van der Waals surface area (Å²) in [5, 5.41) is 12.3. The summed E-state index contributed by atoms with van der Waals surface area (Å²) in [5.74, 6) is -0.522. The van der Waals surface area contributed by atoms with E-state index < -0.39 is 11.8 Å². The normalized spacial score (nSPS) is 10.4. The number of ether oxygens (including phenoxy) is 1. The van der Waals surface area contributed by atoms with Crippen molar-refractivity contribution in [1.29, 1.82) is 0 Å². The van der Waals surface area contributed by atoms with Crippen LogP contribution in [0.5, 0.6) is 5.75 Å². The van der Waals surface area contributed by atoms with E-state index in [0.29, 0.717) is 22.8 Å². The van der Waals surface area contributed by atoms with Crippen LogP contribution in [0.15, 0.2) is 28.8 Å². The van der Waals surface area contributed by atoms with Crippen molar-refractivity contribution in [1.82, 2.24) is 5.16 Å². The smallest absolute Gasteiger partial charge is 0.303 e. The fourth-order valence-electron chi connectivity index (χ4n) is 1.66. The Hall–Kier alpha value is -2.37. The summed E-state index contributed by atoms with van der Waals surface area (Å²) < 4.78 is 23.4. The molecular weight excluding hydrogens is 253 g/mol. The first kappa shape index (κ1) is 13.1. The molecule has 0 saturated heterocycles. The van der Waals surface area contributed by atoms with Gasteiger partial charge in [0.2, 0.25) is 0 Å². The van der Waals surface area contributed by atoms with Gasteiger partial charge in [0, 0.05) is 12.5 Å². The number of carboxylic acids is 1. The van der Waals surface area contributed by atoms with Crippen molar-refractivity contribution in [2.75, 3.05) is 7.11 Å². The van der Waals surface area contributed by atoms with E-state index in [0.717, 1.165) is 0 Å². The summed E-state index contributed by atoms with van der Waals surface area (Å²) in [6, 6.07) is 5.63. The average Bonchev–Trinajstić information content (AvgIpc) is 2.85. The van der Waals surface area contributed by atoms with Crippen LogP contribution >= 0.6 is 0 Å². The van der Waals surface area contributed by atoms with E-state index in [1.807, 2.05) is 0 Å². The number of methoxy groups -OCH3 is 1. The number of aromatic nitrogens is 1. The van der Waals surface area contributed by atoms with Gasteiger partial charge in [-0.15, -0.1) is 0 Å². The van der Waals surface area contributed by atoms with Gasteiger partial charge in [-0.05, 0) is 18.2 Å². The standard InChI is InChI=1S/C13H12FNO4/c1-18-11-4-2-8(14)6-10(11)12-7-9(15-19-12)3-5-13(16)17/h2,4,6-7H,3,5H2,1H3,(H,16,17). The maximum Gasteiger partial charge on any atom is 0.303 e. The lowest BCUT2D eigenvalue weighted by molar-refractivity contribution is -0.136. The van der Waals surface area contributed by atoms with Crippen LogP contribution in [-0.2, 0) is 11.2 Å². The zero-order valence-electron chi connectivity index (χ0n) is 10.2. The van der Waals surface area contributed by atoms with E-state index in [9.17, 15) is 9.18 Å². The van der Waals surface area contributed by atoms with Gasteiger partial charge in [-0.2, -0.15) is 0 Å². The third kappa shape index (κ3) is 3.09. The first-order valence-corrected chi connectivity index (χ1v) is 5.61. The predicted molar refractivity (Wildman–Crippen MR) is 64.4 cm³/mol. The molecule has 0 aliphatic carbocycles. The molecule has 1 aromatic carbocycles. The fourth-order valence-corrected chi connectivity index (χ4v) is 1.66. The first-order valence-electron chi connectivity index (χ1n) is 5.61. The number of carbonyl (C=O) groups is 1. The Bertz CT molecular complexity index is 594. The Kier molecular flexibility index (Phi) is 3.79. The van der Waals surface area contributed by atoms with E-state index >= 15 is 0 Å². The summed E-state index contributed by atoms with van der Waals surface area (Å²) in [6.07, 6.45) is 0.225. The van der Waals surface area contributed by atoms with Gasteiger partial charge in [-0.1, -0.05) is 5.16 Å². The number of aryl methyl sites for hydroxylation is 1. The molecule has 0 bridgehead atoms. The zero-order chi connectivity index (χ0) is 13.8. The summed E-state index contributed by atoms with van der Waals surface area (Å²) in [6.45, 7) is 0. The summed E-state index contributed by atoms with van der Waals surface area (Å²) in [4.78, 5) is 10.5. The molecule has 1 N–H and O–H groups in total. The van der Waals surface area contributed by atoms with Crippen LogP contribution in [0.2, 0.25) is 0 Å². The molecule has 0 amide bonds. The van der Waals surface area contributed by atoms with E-state index in [-0.39, 0.29) is 12.8 Å². The van der Waals surface area contributed by atoms with Crippen LogP contribution in [0.25, 0.3) is 11.3 Å². The van der Waals surface area contributed by atoms with Crippen molar-refractivity contribution in [3.8, 4) is 17.1 Å². The number of hydrogen-bond donors (Lipinski definition) is 1. The Morgan fingerprint density at radius 1 is 1.47 bits per heavy atom. The highest BCUT2D eigenvalue weighted by Crippen LogP contribution is 2.31. The number of hydrogen-bond acceptors (Lipinski definition) is 4. The van der Waals surface area contributed by atoms with Crippen LogP contribution in [0.3, 0.4) is 0 Å². The highest BCUT2D eigenvalue weighted by molar-refractivity contribution is 5.68. The number of rotatable bonds is 5. The van der Waals surface area contributed by atoms with Crippen molar-refractivity contribution in [2.24, 2.45) is 0 Å². The minimum atomic E-state index is -0.909. The molecule has 0 radical (unpaired) electrons. The zero-order valence-corrected chi connectivity index (χ0v) is 10.2. The van der Waals surface area contributed by atoms with Crippen LogP contribution in [0.4, 0.5) is 4.39 Å². The Balaban J connectivity index is 2.27. The van der Waals surface area contributed by atoms with E-state index in [1.54, 1.807) is 6.07 Å². The molecule has 0 aliphatic heterocycles. The lowest BCUT2D eigenvalue weighted by Crippen LogP contribution is -1.97. The van der Waals surface area contributed by atoms with Crippen molar-refractivity contribution in [3.63, 3.8) is 0 Å². The first-order chi connectivity index (χ1) is 9.10. The topological polar surface area (TPSA) is 72.6 Å². The average molecular weight is 265 g/mol. The second kappa shape index (κ2) is 5.51. The molecule has 2 rings (SSSR count). The summed E-state index contributed by atoms with van der Waals surface area (Å²) in [5.41, 5.74) is 0.945. The largest absolute Gasteiger partial charge is 0.496 e. The maximum absolute atomic E-state index is 13.2. The highest BCUT2D eigenvalue weighted by atomic mass is 19.1. The Morgan fingerprint density at radius 3 is 2.95 bits per heavy atom. The molecular formula is C13H12FNO4. The van der Waals surface area contributed by atoms with Gasteiger partial charge in [-0.25, -0.2) is 4.39 Å². The number of halogens is 1. The quantitative estimate of drug-likeness (QED) is 0.899. The number of benzene rings is 1. The van der Waals surface area contributed by atoms with Crippen LogP contribution in [0.1, 0.15) is 12.1 Å². The van der Waals surface area contributed by atoms with Crippen molar-refractivity contribution >= 4 is 5.97 Å². The van der Waals surface area contributed by atoms with Crippen LogP contribution in [-0.4, -0.2) is 23.3 Å². The predicted octanol–water partition coefficient (Wildman–Crippen LogP) is 2.51. The fraction of sp³-hybridized carbons (Fsp3) is 0.231. The highest BCUT2D eigenvalue weighted by Gasteiger charge is 2.13. The third-order valence-corrected chi connectivity index (χ3v) is 2.58. The monoisotopic (exact) mass is 265 g/mol. The van der Waals surface area contributed by atoms with Gasteiger partial charge >= 0.3 is 5.97 Å². The van der Waals surface area contributed by atoms with E-state index in [1.165, 1.54) is 25.3 Å². The SMILES string of the molecule is COc1ccc(F)cc1-c1cc(CCC(=O)O)no1. The molecule has 1 heterocycles. The van der Waals surface area contributed by atoms with Crippen molar-refractivity contribution in [2.45, 2.75) is 12.8 Å². The molecule has 0 unspecified atom stereocenters. The Morgan fingerprint density at radius 2 is 2.26 bits per heavy atom. The molecule has 0 saturated carbocycles. The molecule has 100 valence electrons. The minimum absolute atomic E-state index is 0.0355. The second-order valence-corrected chi connectivity index (χ2v) is 3.92. The second-order valence-electron chi connectivity index (χ2n) is 3.92. The molecule has 0 spiro atoms. The number of carboxylic acid groups (broad SMARTS) is 1. The molecule has 5 nitrogen and oxygen atoms in total. The molecule has 0 atom stereocenters. The van der Waals surface area contributed by atoms with E-state index in [2.05, 4.69) is 5.16 Å².